The van der Waals surface area contributed by atoms with Gasteiger partial charge in [0.25, 0.3) is 0 Å². The molecular weight excluding hydrogens is 324 g/mol. The van der Waals surface area contributed by atoms with Gasteiger partial charge in [-0.2, -0.15) is 0 Å². The third-order valence-electron chi connectivity index (χ3n) is 8.59. The number of hydrogen-bond acceptors (Lipinski definition) is 2. The molecule has 0 amide bonds. The van der Waals surface area contributed by atoms with Crippen LogP contribution in [0.3, 0.4) is 0 Å². The van der Waals surface area contributed by atoms with E-state index in [-0.39, 0.29) is 11.0 Å². The molecule has 0 aromatic rings. The fourth-order valence-electron chi connectivity index (χ4n) is 6.55. The number of fused-ring (bicyclic) bond motifs is 6. The van der Waals surface area contributed by atoms with Crippen LogP contribution in [0.1, 0.15) is 77.0 Å². The molecular formula is C22H44N2O2. The van der Waals surface area contributed by atoms with Gasteiger partial charge >= 0.3 is 0 Å². The van der Waals surface area contributed by atoms with E-state index in [0.717, 1.165) is 11.8 Å². The first-order valence-corrected chi connectivity index (χ1v) is 11.5. The van der Waals surface area contributed by atoms with Crippen molar-refractivity contribution in [2.24, 2.45) is 11.8 Å². The molecule has 6 rings (SSSR count). The summed E-state index contributed by atoms with van der Waals surface area (Å²) in [5, 5.41) is 0. The molecule has 154 valence electrons. The SMILES string of the molecule is C(CCCC[N+]12CCC(CC1)CC2)CCC[N+]12CCC(CC1)CC2.[OH-].[OH-]. The van der Waals surface area contributed by atoms with E-state index in [1.807, 2.05) is 0 Å². The summed E-state index contributed by atoms with van der Waals surface area (Å²) in [6.45, 7) is 12.1. The fourth-order valence-corrected chi connectivity index (χ4v) is 6.55. The van der Waals surface area contributed by atoms with E-state index in [4.69, 9.17) is 0 Å². The molecule has 6 saturated heterocycles. The van der Waals surface area contributed by atoms with E-state index in [9.17, 15) is 0 Å². The second-order valence-corrected chi connectivity index (χ2v) is 10.1. The number of unbranched alkanes of at least 4 members (excludes halogenated alkanes) is 5. The van der Waals surface area contributed by atoms with E-state index < -0.39 is 0 Å². The van der Waals surface area contributed by atoms with Crippen LogP contribution in [0.5, 0.6) is 0 Å². The standard InChI is InChI=1S/C22H42N2.2H2O/c1(3-5-13-23-15-7-21(8-16-23)9-17-23)2-4-6-14-24-18-10-22(11-19-24)12-20-24;;/h21-22H,1-20H2;2*1H2/q+2;;/p-2. The minimum Gasteiger partial charge on any atom is -0.870 e. The summed E-state index contributed by atoms with van der Waals surface area (Å²) in [7, 11) is 0. The molecule has 4 nitrogen and oxygen atoms in total. The number of nitrogens with zero attached hydrogens (tertiary/aromatic N) is 2. The van der Waals surface area contributed by atoms with E-state index >= 15 is 0 Å². The quantitative estimate of drug-likeness (QED) is 0.451. The average molecular weight is 369 g/mol. The monoisotopic (exact) mass is 368 g/mol. The first-order valence-electron chi connectivity index (χ1n) is 11.5. The highest BCUT2D eigenvalue weighted by molar-refractivity contribution is 4.72. The van der Waals surface area contributed by atoms with Crippen LogP contribution < -0.4 is 0 Å². The lowest BCUT2D eigenvalue weighted by molar-refractivity contribution is -0.942. The number of hydrogen-bond donors (Lipinski definition) is 0. The predicted octanol–water partition coefficient (Wildman–Crippen LogP) is 4.23. The molecule has 4 bridgehead atoms. The van der Waals surface area contributed by atoms with Crippen molar-refractivity contribution in [2.45, 2.75) is 77.0 Å². The summed E-state index contributed by atoms with van der Waals surface area (Å²) < 4.78 is 3.02. The van der Waals surface area contributed by atoms with E-state index in [1.54, 1.807) is 38.5 Å². The van der Waals surface area contributed by atoms with Crippen molar-refractivity contribution >= 4 is 0 Å². The minimum absolute atomic E-state index is 0. The normalized spacial score (nSPS) is 37.8. The molecule has 0 aromatic carbocycles. The third-order valence-corrected chi connectivity index (χ3v) is 8.59. The van der Waals surface area contributed by atoms with Gasteiger partial charge in [0.15, 0.2) is 0 Å². The van der Waals surface area contributed by atoms with Gasteiger partial charge in [-0.3, -0.25) is 0 Å². The van der Waals surface area contributed by atoms with Gasteiger partial charge in [0.05, 0.1) is 52.4 Å². The van der Waals surface area contributed by atoms with Crippen LogP contribution in [-0.4, -0.2) is 72.3 Å². The Bertz CT molecular complexity index is 333. The van der Waals surface area contributed by atoms with E-state index in [2.05, 4.69) is 0 Å². The van der Waals surface area contributed by atoms with Crippen LogP contribution in [-0.2, 0) is 0 Å². The van der Waals surface area contributed by atoms with Crippen molar-refractivity contribution in [1.82, 2.24) is 0 Å². The molecule has 2 N–H and O–H groups in total. The highest BCUT2D eigenvalue weighted by atomic mass is 16.0. The number of rotatable bonds is 9. The maximum absolute atomic E-state index is 1.54. The van der Waals surface area contributed by atoms with Gasteiger partial charge in [0.2, 0.25) is 0 Å². The number of piperidine rings is 6. The summed E-state index contributed by atoms with van der Waals surface area (Å²) in [5.74, 6) is 2.23. The summed E-state index contributed by atoms with van der Waals surface area (Å²) in [4.78, 5) is 0. The molecule has 4 heteroatoms. The fraction of sp³-hybridized carbons (Fsp3) is 1.00. The zero-order chi connectivity index (χ0) is 16.3. The van der Waals surface area contributed by atoms with E-state index in [1.165, 1.54) is 99.8 Å². The van der Waals surface area contributed by atoms with Gasteiger partial charge in [-0.25, -0.2) is 0 Å². The third kappa shape index (κ3) is 5.21. The lowest BCUT2D eigenvalue weighted by atomic mass is 9.85. The molecule has 0 radical (unpaired) electrons. The Labute approximate surface area is 161 Å². The summed E-state index contributed by atoms with van der Waals surface area (Å²) in [6, 6.07) is 0. The lowest BCUT2D eigenvalue weighted by Gasteiger charge is -2.49. The van der Waals surface area contributed by atoms with Crippen LogP contribution in [0.4, 0.5) is 0 Å². The largest absolute Gasteiger partial charge is 0.870 e. The van der Waals surface area contributed by atoms with Crippen molar-refractivity contribution in [3.8, 4) is 0 Å². The smallest absolute Gasteiger partial charge is 0.0789 e. The molecule has 0 atom stereocenters. The zero-order valence-corrected chi connectivity index (χ0v) is 17.1. The molecule has 6 heterocycles. The van der Waals surface area contributed by atoms with Crippen molar-refractivity contribution in [2.75, 3.05) is 52.4 Å². The van der Waals surface area contributed by atoms with Crippen LogP contribution >= 0.6 is 0 Å². The van der Waals surface area contributed by atoms with E-state index in [0.29, 0.717) is 0 Å². The Morgan fingerprint density at radius 1 is 0.423 bits per heavy atom. The Hall–Kier alpha value is -0.160. The van der Waals surface area contributed by atoms with Crippen LogP contribution in [0.25, 0.3) is 0 Å². The molecule has 0 spiro atoms. The van der Waals surface area contributed by atoms with Crippen molar-refractivity contribution in [3.05, 3.63) is 0 Å². The second kappa shape index (κ2) is 9.86. The highest BCUT2D eigenvalue weighted by Crippen LogP contribution is 2.35. The van der Waals surface area contributed by atoms with Gasteiger partial charge in [0.1, 0.15) is 0 Å². The van der Waals surface area contributed by atoms with Crippen molar-refractivity contribution in [1.29, 1.82) is 0 Å². The summed E-state index contributed by atoms with van der Waals surface area (Å²) >= 11 is 0. The predicted molar refractivity (Wildman–Crippen MR) is 106 cm³/mol. The molecule has 0 unspecified atom stereocenters. The van der Waals surface area contributed by atoms with Crippen LogP contribution in [0, 0.1) is 11.8 Å². The summed E-state index contributed by atoms with van der Waals surface area (Å²) in [5.41, 5.74) is 0. The van der Waals surface area contributed by atoms with Gasteiger partial charge in [-0.1, -0.05) is 12.8 Å². The molecule has 6 fully saturated rings. The molecule has 26 heavy (non-hydrogen) atoms. The van der Waals surface area contributed by atoms with Gasteiger partial charge < -0.3 is 19.9 Å². The van der Waals surface area contributed by atoms with Crippen molar-refractivity contribution in [3.63, 3.8) is 0 Å². The van der Waals surface area contributed by atoms with Gasteiger partial charge in [-0.15, -0.1) is 0 Å². The molecule has 0 saturated carbocycles. The minimum atomic E-state index is 0. The highest BCUT2D eigenvalue weighted by Gasteiger charge is 2.39. The number of quaternary nitrogens is 2. The molecule has 6 aliphatic rings. The lowest BCUT2D eigenvalue weighted by Crippen LogP contribution is -2.58. The Morgan fingerprint density at radius 3 is 1.00 bits per heavy atom. The molecule has 0 aromatic heterocycles. The molecule has 0 aliphatic carbocycles. The topological polar surface area (TPSA) is 60.0 Å². The summed E-state index contributed by atoms with van der Waals surface area (Å²) in [6.07, 6.45) is 18.3. The van der Waals surface area contributed by atoms with Crippen molar-refractivity contribution < 1.29 is 19.9 Å². The Kier molecular flexibility index (Phi) is 8.39. The van der Waals surface area contributed by atoms with Gasteiger partial charge in [0, 0.05) is 0 Å². The zero-order valence-electron chi connectivity index (χ0n) is 17.1. The Balaban J connectivity index is 0.00000121. The maximum Gasteiger partial charge on any atom is 0.0789 e. The maximum atomic E-state index is 1.54. The first kappa shape index (κ1) is 22.1. The first-order chi connectivity index (χ1) is 11.8. The van der Waals surface area contributed by atoms with Gasteiger partial charge in [-0.05, 0) is 76.0 Å². The molecule has 6 aliphatic heterocycles. The second-order valence-electron chi connectivity index (χ2n) is 10.1. The van der Waals surface area contributed by atoms with Crippen LogP contribution in [0.2, 0.25) is 0 Å². The Morgan fingerprint density at radius 2 is 0.692 bits per heavy atom. The van der Waals surface area contributed by atoms with Crippen LogP contribution in [0.15, 0.2) is 0 Å². The average Bonchev–Trinajstić information content (AvgIpc) is 2.67.